The molecule has 28 heavy (non-hydrogen) atoms. The van der Waals surface area contributed by atoms with E-state index in [4.69, 9.17) is 0 Å². The minimum Gasteiger partial charge on any atom is -0.391 e. The quantitative estimate of drug-likeness (QED) is 0.709. The first kappa shape index (κ1) is 18.4. The summed E-state index contributed by atoms with van der Waals surface area (Å²) in [5.41, 5.74) is 3.22. The maximum Gasteiger partial charge on any atom is 0.276 e. The van der Waals surface area contributed by atoms with E-state index in [-0.39, 0.29) is 17.4 Å². The van der Waals surface area contributed by atoms with Crippen molar-refractivity contribution < 1.29 is 14.3 Å². The van der Waals surface area contributed by atoms with Crippen LogP contribution in [-0.4, -0.2) is 55.1 Å². The molecular formula is C20H22FN5O2. The Morgan fingerprint density at radius 3 is 3.04 bits per heavy atom. The number of halogens is 1. The SMILES string of the molecule is CCC(O)Cn1cc(C(=O)N2CC=C(c3c[nH]c4cc(F)ccc34)CC2)nn1. The Labute approximate surface area is 161 Å². The van der Waals surface area contributed by atoms with Crippen LogP contribution in [0.3, 0.4) is 0 Å². The van der Waals surface area contributed by atoms with Crippen LogP contribution in [-0.2, 0) is 6.54 Å². The van der Waals surface area contributed by atoms with Gasteiger partial charge in [-0.25, -0.2) is 9.07 Å². The molecule has 1 aliphatic heterocycles. The van der Waals surface area contributed by atoms with E-state index in [1.807, 2.05) is 19.2 Å². The summed E-state index contributed by atoms with van der Waals surface area (Å²) in [5, 5.41) is 18.6. The van der Waals surface area contributed by atoms with Crippen molar-refractivity contribution in [1.29, 1.82) is 0 Å². The zero-order chi connectivity index (χ0) is 19.7. The van der Waals surface area contributed by atoms with Crippen molar-refractivity contribution in [3.63, 3.8) is 0 Å². The fourth-order valence-electron chi connectivity index (χ4n) is 3.45. The summed E-state index contributed by atoms with van der Waals surface area (Å²) in [6.07, 6.45) is 6.31. The molecule has 1 atom stereocenters. The molecule has 0 aliphatic carbocycles. The van der Waals surface area contributed by atoms with Crippen LogP contribution in [0.5, 0.6) is 0 Å². The number of H-pyrrole nitrogens is 1. The molecule has 3 heterocycles. The highest BCUT2D eigenvalue weighted by Crippen LogP contribution is 2.29. The van der Waals surface area contributed by atoms with Crippen LogP contribution >= 0.6 is 0 Å². The Bertz CT molecular complexity index is 1040. The molecule has 146 valence electrons. The molecule has 3 aromatic rings. The molecule has 0 spiro atoms. The second-order valence-corrected chi connectivity index (χ2v) is 7.01. The van der Waals surface area contributed by atoms with E-state index in [9.17, 15) is 14.3 Å². The van der Waals surface area contributed by atoms with Crippen molar-refractivity contribution in [3.05, 3.63) is 53.7 Å². The number of aliphatic hydroxyl groups excluding tert-OH is 1. The zero-order valence-electron chi connectivity index (χ0n) is 15.6. The van der Waals surface area contributed by atoms with Gasteiger partial charge in [-0.05, 0) is 36.6 Å². The van der Waals surface area contributed by atoms with Crippen molar-refractivity contribution in [3.8, 4) is 0 Å². The number of nitrogens with zero attached hydrogens (tertiary/aromatic N) is 4. The summed E-state index contributed by atoms with van der Waals surface area (Å²) >= 11 is 0. The normalized spacial score (nSPS) is 15.7. The molecule has 1 unspecified atom stereocenters. The van der Waals surface area contributed by atoms with Crippen molar-refractivity contribution in [2.45, 2.75) is 32.4 Å². The highest BCUT2D eigenvalue weighted by Gasteiger charge is 2.23. The van der Waals surface area contributed by atoms with E-state index in [0.717, 1.165) is 22.0 Å². The summed E-state index contributed by atoms with van der Waals surface area (Å²) in [4.78, 5) is 17.5. The van der Waals surface area contributed by atoms with Gasteiger partial charge in [0.25, 0.3) is 5.91 Å². The lowest BCUT2D eigenvalue weighted by Crippen LogP contribution is -2.34. The maximum absolute atomic E-state index is 13.4. The van der Waals surface area contributed by atoms with Crippen LogP contribution in [0.15, 0.2) is 36.7 Å². The lowest BCUT2D eigenvalue weighted by atomic mass is 9.99. The number of carbonyl (C=O) groups is 1. The van der Waals surface area contributed by atoms with E-state index in [1.165, 1.54) is 16.8 Å². The fraction of sp³-hybridized carbons (Fsp3) is 0.350. The number of aromatic amines is 1. The third-order valence-electron chi connectivity index (χ3n) is 5.11. The van der Waals surface area contributed by atoms with Gasteiger partial charge in [0.2, 0.25) is 0 Å². The highest BCUT2D eigenvalue weighted by molar-refractivity contribution is 5.95. The molecule has 2 aromatic heterocycles. The predicted molar refractivity (Wildman–Crippen MR) is 103 cm³/mol. The first-order valence-corrected chi connectivity index (χ1v) is 9.38. The summed E-state index contributed by atoms with van der Waals surface area (Å²) < 4.78 is 14.9. The van der Waals surface area contributed by atoms with E-state index < -0.39 is 6.10 Å². The van der Waals surface area contributed by atoms with Crippen molar-refractivity contribution in [2.24, 2.45) is 0 Å². The number of aliphatic hydroxyl groups is 1. The van der Waals surface area contributed by atoms with Gasteiger partial charge in [-0.1, -0.05) is 18.2 Å². The second kappa shape index (κ2) is 7.55. The average Bonchev–Trinajstić information content (AvgIpc) is 3.34. The second-order valence-electron chi connectivity index (χ2n) is 7.01. The average molecular weight is 383 g/mol. The summed E-state index contributed by atoms with van der Waals surface area (Å²) in [6, 6.07) is 4.71. The molecule has 1 aromatic carbocycles. The van der Waals surface area contributed by atoms with Crippen molar-refractivity contribution in [2.75, 3.05) is 13.1 Å². The number of fused-ring (bicyclic) bond motifs is 1. The van der Waals surface area contributed by atoms with Gasteiger partial charge in [0, 0.05) is 35.8 Å². The number of hydrogen-bond donors (Lipinski definition) is 2. The van der Waals surface area contributed by atoms with E-state index in [0.29, 0.717) is 32.5 Å². The Morgan fingerprint density at radius 2 is 2.29 bits per heavy atom. The van der Waals surface area contributed by atoms with Gasteiger partial charge in [0.05, 0.1) is 18.8 Å². The third kappa shape index (κ3) is 3.55. The summed E-state index contributed by atoms with van der Waals surface area (Å²) in [5.74, 6) is -0.441. The first-order chi connectivity index (χ1) is 13.5. The number of benzene rings is 1. The van der Waals surface area contributed by atoms with Crippen LogP contribution in [0.1, 0.15) is 35.8 Å². The lowest BCUT2D eigenvalue weighted by molar-refractivity contribution is 0.0766. The largest absolute Gasteiger partial charge is 0.391 e. The molecule has 1 aliphatic rings. The van der Waals surface area contributed by atoms with Gasteiger partial charge in [0.1, 0.15) is 5.82 Å². The minimum atomic E-state index is -0.505. The molecule has 0 fully saturated rings. The predicted octanol–water partition coefficient (Wildman–Crippen LogP) is 2.60. The van der Waals surface area contributed by atoms with Gasteiger partial charge in [-0.15, -0.1) is 5.10 Å². The Kier molecular flexibility index (Phi) is 4.95. The molecule has 2 N–H and O–H groups in total. The Balaban J connectivity index is 1.46. The smallest absolute Gasteiger partial charge is 0.276 e. The Morgan fingerprint density at radius 1 is 1.43 bits per heavy atom. The number of rotatable bonds is 5. The van der Waals surface area contributed by atoms with Gasteiger partial charge in [0.15, 0.2) is 5.69 Å². The van der Waals surface area contributed by atoms with Gasteiger partial charge in [-0.3, -0.25) is 4.79 Å². The minimum absolute atomic E-state index is 0.173. The number of carbonyl (C=O) groups excluding carboxylic acids is 1. The van der Waals surface area contributed by atoms with Gasteiger partial charge >= 0.3 is 0 Å². The molecule has 7 nitrogen and oxygen atoms in total. The van der Waals surface area contributed by atoms with Crippen molar-refractivity contribution in [1.82, 2.24) is 24.9 Å². The standard InChI is InChI=1S/C20H22FN5O2/c1-2-15(27)11-26-12-19(23-24-26)20(28)25-7-5-13(6-8-25)17-10-22-18-9-14(21)3-4-16(17)18/h3-5,9-10,12,15,22,27H,2,6-8,11H2,1H3. The Hall–Kier alpha value is -3.00. The lowest BCUT2D eigenvalue weighted by Gasteiger charge is -2.25. The van der Waals surface area contributed by atoms with Gasteiger partial charge < -0.3 is 15.0 Å². The van der Waals surface area contributed by atoms with Crippen molar-refractivity contribution >= 4 is 22.4 Å². The fourth-order valence-corrected chi connectivity index (χ4v) is 3.45. The summed E-state index contributed by atoms with van der Waals surface area (Å²) in [6.45, 7) is 3.26. The third-order valence-corrected chi connectivity index (χ3v) is 5.11. The number of hydrogen-bond acceptors (Lipinski definition) is 4. The van der Waals surface area contributed by atoms with E-state index in [1.54, 1.807) is 17.2 Å². The molecule has 4 rings (SSSR count). The topological polar surface area (TPSA) is 87.0 Å². The molecular weight excluding hydrogens is 361 g/mol. The molecule has 1 amide bonds. The molecule has 0 saturated heterocycles. The molecule has 0 radical (unpaired) electrons. The van der Waals surface area contributed by atoms with Crippen LogP contribution in [0, 0.1) is 5.82 Å². The monoisotopic (exact) mass is 383 g/mol. The molecule has 8 heteroatoms. The van der Waals surface area contributed by atoms with Crippen LogP contribution in [0.4, 0.5) is 4.39 Å². The maximum atomic E-state index is 13.4. The van der Waals surface area contributed by atoms with E-state index in [2.05, 4.69) is 15.3 Å². The molecule has 0 saturated carbocycles. The van der Waals surface area contributed by atoms with Crippen LogP contribution in [0.2, 0.25) is 0 Å². The zero-order valence-corrected chi connectivity index (χ0v) is 15.6. The first-order valence-electron chi connectivity index (χ1n) is 9.38. The number of amides is 1. The highest BCUT2D eigenvalue weighted by atomic mass is 19.1. The van der Waals surface area contributed by atoms with Gasteiger partial charge in [-0.2, -0.15) is 0 Å². The summed E-state index contributed by atoms with van der Waals surface area (Å²) in [7, 11) is 0. The number of nitrogens with one attached hydrogen (secondary N) is 1. The molecule has 0 bridgehead atoms. The van der Waals surface area contributed by atoms with Crippen LogP contribution in [0.25, 0.3) is 16.5 Å². The van der Waals surface area contributed by atoms with Crippen LogP contribution < -0.4 is 0 Å². The van der Waals surface area contributed by atoms with E-state index >= 15 is 0 Å². The number of aromatic nitrogens is 4.